The molecule has 162 valence electrons. The molecule has 2 atom stereocenters. The van der Waals surface area contributed by atoms with Gasteiger partial charge in [0.25, 0.3) is 0 Å². The largest absolute Gasteiger partial charge is 0.491 e. The Morgan fingerprint density at radius 2 is 2.00 bits per heavy atom. The molecule has 1 N–H and O–H groups in total. The normalized spacial score (nSPS) is 19.0. The predicted octanol–water partition coefficient (Wildman–Crippen LogP) is 3.08. The zero-order valence-corrected chi connectivity index (χ0v) is 19.2. The summed E-state index contributed by atoms with van der Waals surface area (Å²) in [5.74, 6) is 0.848. The fraction of sp³-hybridized carbons (Fsp3) is 0.409. The van der Waals surface area contributed by atoms with Crippen molar-refractivity contribution in [3.8, 4) is 5.75 Å². The van der Waals surface area contributed by atoms with Crippen LogP contribution in [0.1, 0.15) is 29.3 Å². The molecule has 1 heterocycles. The van der Waals surface area contributed by atoms with Crippen LogP contribution in [0.3, 0.4) is 0 Å². The number of ether oxygens (including phenoxy) is 1. The average Bonchev–Trinajstić information content (AvgIpc) is 3.06. The third kappa shape index (κ3) is 6.63. The van der Waals surface area contributed by atoms with Crippen molar-refractivity contribution in [2.45, 2.75) is 32.0 Å². The summed E-state index contributed by atoms with van der Waals surface area (Å²) in [6.45, 7) is 2.43. The molecule has 1 aliphatic heterocycles. The van der Waals surface area contributed by atoms with E-state index in [1.54, 1.807) is 24.3 Å². The van der Waals surface area contributed by atoms with E-state index in [-0.39, 0.29) is 29.9 Å². The Morgan fingerprint density at radius 1 is 1.27 bits per heavy atom. The number of nitrogens with zero attached hydrogens (tertiary/aromatic N) is 1. The summed E-state index contributed by atoms with van der Waals surface area (Å²) >= 11 is 3.46. The van der Waals surface area contributed by atoms with E-state index in [4.69, 9.17) is 4.74 Å². The zero-order valence-electron chi connectivity index (χ0n) is 16.8. The molecular weight excluding hydrogens is 470 g/mol. The maximum Gasteiger partial charge on any atom is 0.159 e. The Kier molecular flexibility index (Phi) is 7.68. The van der Waals surface area contributed by atoms with Crippen molar-refractivity contribution in [3.05, 3.63) is 64.1 Å². The molecule has 2 aromatic carbocycles. The summed E-state index contributed by atoms with van der Waals surface area (Å²) in [6, 6.07) is 14.5. The number of hydrogen-bond donors (Lipinski definition) is 1. The van der Waals surface area contributed by atoms with Crippen molar-refractivity contribution in [1.82, 2.24) is 4.90 Å². The van der Waals surface area contributed by atoms with Gasteiger partial charge in [-0.1, -0.05) is 28.1 Å². The molecule has 1 fully saturated rings. The highest BCUT2D eigenvalue weighted by molar-refractivity contribution is 9.10. The number of aliphatic hydroxyl groups excluding tert-OH is 1. The molecule has 2 aromatic rings. The summed E-state index contributed by atoms with van der Waals surface area (Å²) in [6.07, 6.45) is -0.218. The van der Waals surface area contributed by atoms with Crippen LogP contribution in [-0.4, -0.2) is 61.0 Å². The number of carbonyl (C=O) groups is 1. The van der Waals surface area contributed by atoms with E-state index in [2.05, 4.69) is 15.9 Å². The van der Waals surface area contributed by atoms with Gasteiger partial charge in [0.1, 0.15) is 18.5 Å². The Balaban J connectivity index is 1.63. The maximum atomic E-state index is 12.0. The van der Waals surface area contributed by atoms with Gasteiger partial charge >= 0.3 is 0 Å². The number of benzene rings is 2. The highest BCUT2D eigenvalue weighted by atomic mass is 79.9. The first-order chi connectivity index (χ1) is 14.2. The number of hydrogen-bond acceptors (Lipinski definition) is 6. The lowest BCUT2D eigenvalue weighted by atomic mass is 10.1. The van der Waals surface area contributed by atoms with Gasteiger partial charge in [0.15, 0.2) is 15.6 Å². The summed E-state index contributed by atoms with van der Waals surface area (Å²) < 4.78 is 30.6. The number of aliphatic hydroxyl groups is 1. The smallest absolute Gasteiger partial charge is 0.159 e. The van der Waals surface area contributed by atoms with Crippen molar-refractivity contribution in [2.75, 3.05) is 24.7 Å². The van der Waals surface area contributed by atoms with E-state index < -0.39 is 15.9 Å². The fourth-order valence-electron chi connectivity index (χ4n) is 3.58. The second kappa shape index (κ2) is 10.0. The van der Waals surface area contributed by atoms with Gasteiger partial charge in [-0.25, -0.2) is 8.42 Å². The van der Waals surface area contributed by atoms with Gasteiger partial charge < -0.3 is 9.84 Å². The minimum Gasteiger partial charge on any atom is -0.491 e. The average molecular weight is 496 g/mol. The van der Waals surface area contributed by atoms with Crippen molar-refractivity contribution >= 4 is 31.6 Å². The maximum absolute atomic E-state index is 12.0. The van der Waals surface area contributed by atoms with Gasteiger partial charge in [-0.05, 0) is 55.3 Å². The number of Topliss-reactive ketones (excluding diaryl/α,β-unsaturated/α-hetero) is 1. The highest BCUT2D eigenvalue weighted by Crippen LogP contribution is 2.22. The molecule has 0 aliphatic carbocycles. The van der Waals surface area contributed by atoms with Crippen LogP contribution in [0.25, 0.3) is 0 Å². The molecule has 0 radical (unpaired) electrons. The molecule has 2 unspecified atom stereocenters. The van der Waals surface area contributed by atoms with Crippen LogP contribution in [0.2, 0.25) is 0 Å². The summed E-state index contributed by atoms with van der Waals surface area (Å²) in [4.78, 5) is 13.4. The predicted molar refractivity (Wildman–Crippen MR) is 120 cm³/mol. The Hall–Kier alpha value is -1.74. The fourth-order valence-corrected chi connectivity index (χ4v) is 5.79. The van der Waals surface area contributed by atoms with Crippen LogP contribution in [0.4, 0.5) is 0 Å². The van der Waals surface area contributed by atoms with Gasteiger partial charge in [0.05, 0.1) is 11.5 Å². The summed E-state index contributed by atoms with van der Waals surface area (Å²) in [5, 5.41) is 10.6. The van der Waals surface area contributed by atoms with Crippen molar-refractivity contribution in [1.29, 1.82) is 0 Å². The molecular formula is C22H26BrNO5S. The second-order valence-electron chi connectivity index (χ2n) is 7.66. The van der Waals surface area contributed by atoms with Crippen LogP contribution < -0.4 is 4.74 Å². The second-order valence-corrected chi connectivity index (χ2v) is 10.8. The quantitative estimate of drug-likeness (QED) is 0.538. The van der Waals surface area contributed by atoms with Gasteiger partial charge in [-0.3, -0.25) is 9.69 Å². The van der Waals surface area contributed by atoms with E-state index in [0.717, 1.165) is 10.0 Å². The SMILES string of the molecule is CC(=O)c1ccc(OCC(O)CN(Cc2cccc(Br)c2)C2CCS(=O)(=O)C2)cc1. The van der Waals surface area contributed by atoms with Crippen LogP contribution in [-0.2, 0) is 16.4 Å². The molecule has 30 heavy (non-hydrogen) atoms. The molecule has 0 spiro atoms. The highest BCUT2D eigenvalue weighted by Gasteiger charge is 2.33. The lowest BCUT2D eigenvalue weighted by Crippen LogP contribution is -2.42. The number of carbonyl (C=O) groups excluding carboxylic acids is 1. The van der Waals surface area contributed by atoms with E-state index in [9.17, 15) is 18.3 Å². The lowest BCUT2D eigenvalue weighted by Gasteiger charge is -2.30. The van der Waals surface area contributed by atoms with Crippen LogP contribution >= 0.6 is 15.9 Å². The minimum atomic E-state index is -3.03. The summed E-state index contributed by atoms with van der Waals surface area (Å²) in [7, 11) is -3.03. The number of rotatable bonds is 9. The molecule has 0 bridgehead atoms. The van der Waals surface area contributed by atoms with E-state index in [1.807, 2.05) is 29.2 Å². The van der Waals surface area contributed by atoms with Crippen LogP contribution in [0.15, 0.2) is 53.0 Å². The minimum absolute atomic E-state index is 0.0173. The molecule has 1 saturated heterocycles. The van der Waals surface area contributed by atoms with Crippen LogP contribution in [0.5, 0.6) is 5.75 Å². The molecule has 8 heteroatoms. The number of sulfone groups is 1. The topological polar surface area (TPSA) is 83.9 Å². The Labute approximate surface area is 185 Å². The Bertz CT molecular complexity index is 977. The van der Waals surface area contributed by atoms with E-state index in [0.29, 0.717) is 30.8 Å². The van der Waals surface area contributed by atoms with Crippen molar-refractivity contribution in [2.24, 2.45) is 0 Å². The lowest BCUT2D eigenvalue weighted by molar-refractivity contribution is 0.0524. The van der Waals surface area contributed by atoms with E-state index in [1.165, 1.54) is 6.92 Å². The number of halogens is 1. The third-order valence-corrected chi connectivity index (χ3v) is 7.39. The first-order valence-electron chi connectivity index (χ1n) is 9.82. The molecule has 0 amide bonds. The summed E-state index contributed by atoms with van der Waals surface area (Å²) in [5.41, 5.74) is 1.65. The first kappa shape index (κ1) is 22.9. The Morgan fingerprint density at radius 3 is 2.60 bits per heavy atom. The van der Waals surface area contributed by atoms with Gasteiger partial charge in [-0.2, -0.15) is 0 Å². The molecule has 6 nitrogen and oxygen atoms in total. The van der Waals surface area contributed by atoms with Gasteiger partial charge in [0.2, 0.25) is 0 Å². The monoisotopic (exact) mass is 495 g/mol. The third-order valence-electron chi connectivity index (χ3n) is 5.15. The standard InChI is InChI=1S/C22H26BrNO5S/c1-16(25)18-5-7-22(8-6-18)29-14-21(26)13-24(20-9-10-30(27,28)15-20)12-17-3-2-4-19(23)11-17/h2-8,11,20-21,26H,9-10,12-15H2,1H3. The molecule has 3 rings (SSSR count). The van der Waals surface area contributed by atoms with Crippen molar-refractivity contribution < 1.29 is 23.1 Å². The van der Waals surface area contributed by atoms with Gasteiger partial charge in [0, 0.05) is 29.2 Å². The van der Waals surface area contributed by atoms with Gasteiger partial charge in [-0.15, -0.1) is 0 Å². The van der Waals surface area contributed by atoms with E-state index >= 15 is 0 Å². The van der Waals surface area contributed by atoms with Crippen LogP contribution in [0, 0.1) is 0 Å². The zero-order chi connectivity index (χ0) is 21.7. The molecule has 1 aliphatic rings. The number of ketones is 1. The molecule has 0 aromatic heterocycles. The molecule has 0 saturated carbocycles. The van der Waals surface area contributed by atoms with Crippen molar-refractivity contribution in [3.63, 3.8) is 0 Å². The first-order valence-corrected chi connectivity index (χ1v) is 12.4.